The number of thiophene rings is 1. The van der Waals surface area contributed by atoms with E-state index in [-0.39, 0.29) is 26.9 Å². The second kappa shape index (κ2) is 18.4. The molecule has 0 spiro atoms. The Bertz CT molecular complexity index is 4990. The van der Waals surface area contributed by atoms with Gasteiger partial charge in [0, 0.05) is 56.1 Å². The van der Waals surface area contributed by atoms with E-state index < -0.39 is 0 Å². The number of hydrogen-bond donors (Lipinski definition) is 0. The summed E-state index contributed by atoms with van der Waals surface area (Å²) in [5.74, 6) is 3.24. The number of hydrogen-bond acceptors (Lipinski definition) is 6. The first-order valence-corrected chi connectivity index (χ1v) is 30.5. The van der Waals surface area contributed by atoms with Crippen molar-refractivity contribution in [2.75, 3.05) is 0 Å². The third-order valence-electron chi connectivity index (χ3n) is 17.6. The second-order valence-electron chi connectivity index (χ2n) is 21.9. The zero-order valence-corrected chi connectivity index (χ0v) is 46.5. The molecule has 378 valence electrons. The quantitative estimate of drug-likeness (QED) is 0.160. The average Bonchev–Trinajstić information content (AvgIpc) is 1.68. The molecule has 0 radical (unpaired) electrons. The first kappa shape index (κ1) is 46.9. The van der Waals surface area contributed by atoms with Crippen LogP contribution in [0.5, 0.6) is 23.0 Å². The number of benzene rings is 12. The van der Waals surface area contributed by atoms with E-state index in [4.69, 9.17) is 13.9 Å². The van der Waals surface area contributed by atoms with Gasteiger partial charge in [-0.25, -0.2) is 0 Å². The number of ether oxygens (including phenoxy) is 2. The maximum atomic E-state index is 7.46. The third-order valence-corrected chi connectivity index (χ3v) is 21.2. The summed E-state index contributed by atoms with van der Waals surface area (Å²) in [6.45, 7) is -0.308. The molecular weight excluding hydrogens is 1050 g/mol. The SMILES string of the molecule is c1ccc(B2c3ccccc3Oc3c2c2c(c4oc5cc(-c6cccc(B7c8ccccc8Sc8c7c7c(c9sc%10ccccc%10c89)B(c8ccccc8)c8ccccc8S7)c6)ccc5c34)B(c3ccccc3)c3ccccc3O2)cc1. The lowest BCUT2D eigenvalue weighted by atomic mass is 9.32. The maximum Gasteiger partial charge on any atom is 0.255 e. The molecule has 3 nitrogen and oxygen atoms in total. The highest BCUT2D eigenvalue weighted by Crippen LogP contribution is 2.47. The fourth-order valence-corrected chi connectivity index (χ4v) is 18.3. The molecule has 0 fully saturated rings. The van der Waals surface area contributed by atoms with Gasteiger partial charge in [0.2, 0.25) is 13.4 Å². The van der Waals surface area contributed by atoms with Crippen molar-refractivity contribution in [3.63, 3.8) is 0 Å². The molecule has 0 amide bonds. The molecule has 4 aliphatic rings. The molecule has 10 heteroatoms. The summed E-state index contributed by atoms with van der Waals surface area (Å²) >= 11 is 5.88. The minimum atomic E-state index is -0.174. The van der Waals surface area contributed by atoms with Crippen molar-refractivity contribution in [3.8, 4) is 34.1 Å². The summed E-state index contributed by atoms with van der Waals surface area (Å²) in [5, 5.41) is 4.67. The molecule has 82 heavy (non-hydrogen) atoms. The van der Waals surface area contributed by atoms with Crippen LogP contribution in [-0.2, 0) is 0 Å². The minimum Gasteiger partial charge on any atom is -0.459 e. The number of para-hydroxylation sites is 2. The summed E-state index contributed by atoms with van der Waals surface area (Å²) in [6.07, 6.45) is 0. The van der Waals surface area contributed by atoms with Crippen LogP contribution >= 0.6 is 34.9 Å². The Balaban J connectivity index is 0.865. The van der Waals surface area contributed by atoms with Gasteiger partial charge >= 0.3 is 0 Å². The van der Waals surface area contributed by atoms with Gasteiger partial charge in [0.25, 0.3) is 13.4 Å². The highest BCUT2D eigenvalue weighted by atomic mass is 32.2. The van der Waals surface area contributed by atoms with Gasteiger partial charge in [0.05, 0.1) is 5.39 Å². The molecule has 6 heterocycles. The Morgan fingerprint density at radius 1 is 0.329 bits per heavy atom. The summed E-state index contributed by atoms with van der Waals surface area (Å²) in [5.41, 5.74) is 18.5. The first-order chi connectivity index (χ1) is 40.7. The van der Waals surface area contributed by atoms with Crippen molar-refractivity contribution < 1.29 is 13.9 Å². The first-order valence-electron chi connectivity index (χ1n) is 28.1. The van der Waals surface area contributed by atoms with Crippen LogP contribution in [0, 0.1) is 0 Å². The standard InChI is InChI=1S/C72H42B4O3S3/c1-4-22-45(23-5-1)73-51-30-11-15-34-55(51)77-67-61-49-40-39-44(42-57(49)79-68(61)64-69(63(67)73)78-56-35-16-12-31-52(56)74(64)46-24-6-2-7-25-46)43-21-20-28-48(41-43)76-54-33-14-18-37-59(54)81-71-62-50-29-10-17-36-58(50)80-70(62)65-72(66(71)76)82-60-38-19-13-32-53(60)75(65)47-26-8-3-9-27-47/h1-42H. The van der Waals surface area contributed by atoms with E-state index >= 15 is 0 Å². The van der Waals surface area contributed by atoms with E-state index in [2.05, 4.69) is 255 Å². The van der Waals surface area contributed by atoms with Crippen molar-refractivity contribution in [2.45, 2.75) is 19.6 Å². The molecule has 4 aliphatic heterocycles. The molecule has 2 aromatic heterocycles. The van der Waals surface area contributed by atoms with E-state index in [1.165, 1.54) is 83.5 Å². The molecule has 12 aromatic carbocycles. The van der Waals surface area contributed by atoms with Gasteiger partial charge < -0.3 is 13.9 Å². The molecular formula is C72H42B4O3S3. The van der Waals surface area contributed by atoms with E-state index in [1.54, 1.807) is 0 Å². The highest BCUT2D eigenvalue weighted by molar-refractivity contribution is 8.01. The van der Waals surface area contributed by atoms with Gasteiger partial charge in [-0.15, -0.1) is 11.3 Å². The lowest BCUT2D eigenvalue weighted by Crippen LogP contribution is -2.61. The van der Waals surface area contributed by atoms with E-state index in [1.807, 2.05) is 34.9 Å². The van der Waals surface area contributed by atoms with Crippen molar-refractivity contribution in [3.05, 3.63) is 255 Å². The van der Waals surface area contributed by atoms with E-state index in [9.17, 15) is 0 Å². The molecule has 0 atom stereocenters. The average molecular weight is 1090 g/mol. The van der Waals surface area contributed by atoms with Gasteiger partial charge in [0.15, 0.2) is 0 Å². The molecule has 0 saturated carbocycles. The topological polar surface area (TPSA) is 31.6 Å². The minimum absolute atomic E-state index is 0.0400. The Labute approximate surface area is 488 Å². The van der Waals surface area contributed by atoms with Crippen LogP contribution in [0.3, 0.4) is 0 Å². The summed E-state index contributed by atoms with van der Waals surface area (Å²) in [4.78, 5) is 5.38. The Hall–Kier alpha value is -8.78. The Morgan fingerprint density at radius 2 is 0.841 bits per heavy atom. The van der Waals surface area contributed by atoms with Crippen LogP contribution in [0.4, 0.5) is 0 Å². The monoisotopic (exact) mass is 1090 g/mol. The summed E-state index contributed by atoms with van der Waals surface area (Å²) in [6, 6.07) is 93.3. The fourth-order valence-electron chi connectivity index (χ4n) is 14.1. The van der Waals surface area contributed by atoms with E-state index in [0.717, 1.165) is 77.9 Å². The maximum absolute atomic E-state index is 7.46. The lowest BCUT2D eigenvalue weighted by Gasteiger charge is -2.35. The van der Waals surface area contributed by atoms with Crippen LogP contribution in [0.25, 0.3) is 53.2 Å². The molecule has 0 aliphatic carbocycles. The molecule has 0 saturated heterocycles. The Morgan fingerprint density at radius 3 is 1.51 bits per heavy atom. The van der Waals surface area contributed by atoms with Crippen LogP contribution in [0.15, 0.2) is 279 Å². The van der Waals surface area contributed by atoms with Gasteiger partial charge in [0.1, 0.15) is 34.2 Å². The number of furan rings is 1. The molecule has 0 N–H and O–H groups in total. The summed E-state index contributed by atoms with van der Waals surface area (Å²) < 4.78 is 24.7. The van der Waals surface area contributed by atoms with Gasteiger partial charge in [-0.3, -0.25) is 0 Å². The zero-order chi connectivity index (χ0) is 53.6. The van der Waals surface area contributed by atoms with Crippen LogP contribution < -0.4 is 75.0 Å². The van der Waals surface area contributed by atoms with Crippen LogP contribution in [0.1, 0.15) is 0 Å². The number of rotatable bonds is 5. The van der Waals surface area contributed by atoms with Gasteiger partial charge in [-0.05, 0) is 75.4 Å². The van der Waals surface area contributed by atoms with Gasteiger partial charge in [-0.1, -0.05) is 269 Å². The van der Waals surface area contributed by atoms with Gasteiger partial charge in [-0.2, -0.15) is 0 Å². The van der Waals surface area contributed by atoms with Crippen LogP contribution in [-0.4, -0.2) is 26.9 Å². The zero-order valence-electron chi connectivity index (χ0n) is 44.0. The highest BCUT2D eigenvalue weighted by Gasteiger charge is 2.46. The smallest absolute Gasteiger partial charge is 0.255 e. The van der Waals surface area contributed by atoms with E-state index in [0.29, 0.717) is 0 Å². The normalized spacial score (nSPS) is 13.6. The fraction of sp³-hybridized carbons (Fsp3) is 0. The molecule has 14 aromatic rings. The van der Waals surface area contributed by atoms with Crippen LogP contribution in [0.2, 0.25) is 0 Å². The predicted octanol–water partition coefficient (Wildman–Crippen LogP) is 10.8. The lowest BCUT2D eigenvalue weighted by molar-refractivity contribution is 0.472. The van der Waals surface area contributed by atoms with Crippen molar-refractivity contribution in [2.24, 2.45) is 0 Å². The van der Waals surface area contributed by atoms with Crippen molar-refractivity contribution >= 4 is 169 Å². The van der Waals surface area contributed by atoms with Crippen molar-refractivity contribution in [1.29, 1.82) is 0 Å². The largest absolute Gasteiger partial charge is 0.459 e. The third kappa shape index (κ3) is 6.92. The molecule has 0 unspecified atom stereocenters. The second-order valence-corrected chi connectivity index (χ2v) is 25.1. The molecule has 18 rings (SSSR count). The Kier molecular flexibility index (Phi) is 10.5. The number of fused-ring (bicyclic) bond motifs is 20. The molecule has 0 bridgehead atoms. The predicted molar refractivity (Wildman–Crippen MR) is 351 cm³/mol. The summed E-state index contributed by atoms with van der Waals surface area (Å²) in [7, 11) is 0. The van der Waals surface area contributed by atoms with Crippen molar-refractivity contribution in [1.82, 2.24) is 0 Å².